The lowest BCUT2D eigenvalue weighted by molar-refractivity contribution is 0.313. The van der Waals surface area contributed by atoms with Crippen molar-refractivity contribution in [2.45, 2.75) is 46.6 Å². The summed E-state index contributed by atoms with van der Waals surface area (Å²) in [5.74, 6) is 0.922. The van der Waals surface area contributed by atoms with Gasteiger partial charge in [0.15, 0.2) is 0 Å². The van der Waals surface area contributed by atoms with E-state index >= 15 is 0 Å². The van der Waals surface area contributed by atoms with Crippen LogP contribution in [0.5, 0.6) is 5.75 Å². The van der Waals surface area contributed by atoms with Crippen LogP contribution in [0.15, 0.2) is 18.2 Å². The molecule has 1 aliphatic rings. The van der Waals surface area contributed by atoms with Crippen LogP contribution in [-0.2, 0) is 6.54 Å². The van der Waals surface area contributed by atoms with E-state index in [1.807, 2.05) is 39.1 Å². The first-order chi connectivity index (χ1) is 10.3. The Labute approximate surface area is 135 Å². The summed E-state index contributed by atoms with van der Waals surface area (Å²) in [6.45, 7) is 10.1. The fourth-order valence-electron chi connectivity index (χ4n) is 1.85. The van der Waals surface area contributed by atoms with Crippen LogP contribution in [0.2, 0.25) is 5.02 Å². The van der Waals surface area contributed by atoms with Crippen molar-refractivity contribution in [3.63, 3.8) is 0 Å². The van der Waals surface area contributed by atoms with Crippen molar-refractivity contribution in [1.29, 1.82) is 0 Å². The normalized spacial score (nSPS) is 12.8. The Morgan fingerprint density at radius 1 is 1.24 bits per heavy atom. The predicted molar refractivity (Wildman–Crippen MR) is 93.5 cm³/mol. The fourth-order valence-corrected chi connectivity index (χ4v) is 2.05. The van der Waals surface area contributed by atoms with Gasteiger partial charge in [-0.05, 0) is 57.6 Å². The molecule has 0 saturated carbocycles. The van der Waals surface area contributed by atoms with Gasteiger partial charge < -0.3 is 15.4 Å². The van der Waals surface area contributed by atoms with Crippen molar-refractivity contribution in [3.8, 4) is 5.75 Å². The molecule has 3 nitrogen and oxygen atoms in total. The summed E-state index contributed by atoms with van der Waals surface area (Å²) >= 11 is 5.90. The largest absolute Gasteiger partial charge is 0.493 e. The monoisotopic (exact) mass is 314 g/mol. The average molecular weight is 315 g/mol. The number of ether oxygens (including phenoxy) is 1. The van der Waals surface area contributed by atoms with E-state index in [-0.39, 0.29) is 0 Å². The minimum atomic E-state index is 0.748. The summed E-state index contributed by atoms with van der Waals surface area (Å²) in [6.07, 6.45) is 3.79. The molecule has 0 amide bonds. The van der Waals surface area contributed by atoms with E-state index in [4.69, 9.17) is 16.3 Å². The molecule has 4 heteroatoms. The third kappa shape index (κ3) is 9.72. The van der Waals surface area contributed by atoms with E-state index < -0.39 is 0 Å². The number of rotatable bonds is 5. The zero-order chi connectivity index (χ0) is 15.9. The molecule has 1 saturated heterocycles. The van der Waals surface area contributed by atoms with Crippen molar-refractivity contribution < 1.29 is 4.74 Å². The lowest BCUT2D eigenvalue weighted by Crippen LogP contribution is -2.07. The molecule has 2 N–H and O–H groups in total. The van der Waals surface area contributed by atoms with Gasteiger partial charge in [-0.3, -0.25) is 0 Å². The number of nitrogens with one attached hydrogen (secondary N) is 2. The maximum atomic E-state index is 5.90. The maximum Gasteiger partial charge on any atom is 0.123 e. The van der Waals surface area contributed by atoms with Gasteiger partial charge in [-0.1, -0.05) is 32.4 Å². The molecule has 0 aromatic heterocycles. The van der Waals surface area contributed by atoms with Gasteiger partial charge in [0.25, 0.3) is 0 Å². The van der Waals surface area contributed by atoms with Crippen molar-refractivity contribution >= 4 is 11.6 Å². The van der Waals surface area contributed by atoms with E-state index in [0.29, 0.717) is 0 Å². The van der Waals surface area contributed by atoms with Gasteiger partial charge in [-0.2, -0.15) is 0 Å². The molecule has 0 atom stereocenters. The second-order valence-corrected chi connectivity index (χ2v) is 5.02. The zero-order valence-corrected chi connectivity index (χ0v) is 14.7. The summed E-state index contributed by atoms with van der Waals surface area (Å²) in [5, 5.41) is 7.06. The van der Waals surface area contributed by atoms with E-state index in [0.717, 1.165) is 35.9 Å². The summed E-state index contributed by atoms with van der Waals surface area (Å²) in [4.78, 5) is 0. The van der Waals surface area contributed by atoms with Crippen LogP contribution in [0.4, 0.5) is 0 Å². The highest BCUT2D eigenvalue weighted by Gasteiger charge is 2.03. The van der Waals surface area contributed by atoms with Crippen LogP contribution in [0, 0.1) is 0 Å². The van der Waals surface area contributed by atoms with Crippen LogP contribution in [-0.4, -0.2) is 26.7 Å². The highest BCUT2D eigenvalue weighted by atomic mass is 35.5. The zero-order valence-electron chi connectivity index (χ0n) is 14.0. The van der Waals surface area contributed by atoms with Crippen molar-refractivity contribution in [1.82, 2.24) is 10.6 Å². The quantitative estimate of drug-likeness (QED) is 0.852. The Balaban J connectivity index is 0.000000473. The first-order valence-electron chi connectivity index (χ1n) is 8.04. The standard InChI is InChI=1S/C11H16ClNO.C4H9N.C2H6/c1-3-6-14-11-5-4-10(12)7-9(11)8-13-2;1-2-4-5-3-1;1-2/h4-5,7,13H,3,6,8H2,1-2H3;5H,1-4H2;1-2H3. The first-order valence-corrected chi connectivity index (χ1v) is 8.42. The summed E-state index contributed by atoms with van der Waals surface area (Å²) in [7, 11) is 1.91. The summed E-state index contributed by atoms with van der Waals surface area (Å²) in [6, 6.07) is 5.71. The van der Waals surface area contributed by atoms with Gasteiger partial charge in [-0.15, -0.1) is 0 Å². The topological polar surface area (TPSA) is 33.3 Å². The van der Waals surface area contributed by atoms with Crippen LogP contribution in [0.25, 0.3) is 0 Å². The minimum absolute atomic E-state index is 0.748. The Hall–Kier alpha value is -0.770. The lowest BCUT2D eigenvalue weighted by Gasteiger charge is -2.10. The molecule has 1 aromatic rings. The summed E-state index contributed by atoms with van der Waals surface area (Å²) < 4.78 is 5.60. The third-order valence-corrected chi connectivity index (χ3v) is 3.04. The van der Waals surface area contributed by atoms with E-state index in [9.17, 15) is 0 Å². The molecule has 0 spiro atoms. The Bertz CT molecular complexity index is 347. The molecule has 1 fully saturated rings. The molecule has 122 valence electrons. The van der Waals surface area contributed by atoms with Gasteiger partial charge >= 0.3 is 0 Å². The molecular formula is C17H31ClN2O. The van der Waals surface area contributed by atoms with Crippen LogP contribution >= 0.6 is 11.6 Å². The molecule has 0 radical (unpaired) electrons. The van der Waals surface area contributed by atoms with E-state index in [1.54, 1.807) is 0 Å². The molecule has 1 aliphatic heterocycles. The molecule has 0 aliphatic carbocycles. The molecular weight excluding hydrogens is 284 g/mol. The highest BCUT2D eigenvalue weighted by molar-refractivity contribution is 6.30. The average Bonchev–Trinajstić information content (AvgIpc) is 3.08. The number of hydrogen-bond donors (Lipinski definition) is 2. The second kappa shape index (κ2) is 14.2. The molecule has 1 aromatic carbocycles. The van der Waals surface area contributed by atoms with Crippen LogP contribution in [0.3, 0.4) is 0 Å². The van der Waals surface area contributed by atoms with Gasteiger partial charge in [0.1, 0.15) is 5.75 Å². The minimum Gasteiger partial charge on any atom is -0.493 e. The fraction of sp³-hybridized carbons (Fsp3) is 0.647. The van der Waals surface area contributed by atoms with Crippen molar-refractivity contribution in [2.24, 2.45) is 0 Å². The van der Waals surface area contributed by atoms with Crippen LogP contribution in [0.1, 0.15) is 45.6 Å². The molecule has 2 rings (SSSR count). The highest BCUT2D eigenvalue weighted by Crippen LogP contribution is 2.22. The second-order valence-electron chi connectivity index (χ2n) is 4.59. The summed E-state index contributed by atoms with van der Waals surface area (Å²) in [5.41, 5.74) is 1.11. The Morgan fingerprint density at radius 2 is 1.90 bits per heavy atom. The van der Waals surface area contributed by atoms with Gasteiger partial charge in [0, 0.05) is 17.1 Å². The maximum absolute atomic E-state index is 5.90. The van der Waals surface area contributed by atoms with Crippen molar-refractivity contribution in [2.75, 3.05) is 26.7 Å². The Morgan fingerprint density at radius 3 is 2.38 bits per heavy atom. The molecule has 0 unspecified atom stereocenters. The Kier molecular flexibility index (Phi) is 13.7. The molecule has 0 bridgehead atoms. The molecule has 21 heavy (non-hydrogen) atoms. The SMILES string of the molecule is C1CCNC1.CC.CCCOc1ccc(Cl)cc1CNC. The van der Waals surface area contributed by atoms with E-state index in [1.165, 1.54) is 25.9 Å². The van der Waals surface area contributed by atoms with Gasteiger partial charge in [-0.25, -0.2) is 0 Å². The number of benzene rings is 1. The van der Waals surface area contributed by atoms with E-state index in [2.05, 4.69) is 17.6 Å². The van der Waals surface area contributed by atoms with Gasteiger partial charge in [0.05, 0.1) is 6.61 Å². The smallest absolute Gasteiger partial charge is 0.123 e. The molecule has 1 heterocycles. The third-order valence-electron chi connectivity index (χ3n) is 2.81. The van der Waals surface area contributed by atoms with Crippen molar-refractivity contribution in [3.05, 3.63) is 28.8 Å². The van der Waals surface area contributed by atoms with Gasteiger partial charge in [0.2, 0.25) is 0 Å². The first kappa shape index (κ1) is 20.2. The lowest BCUT2D eigenvalue weighted by atomic mass is 10.2. The number of halogens is 1. The van der Waals surface area contributed by atoms with Crippen LogP contribution < -0.4 is 15.4 Å². The number of hydrogen-bond acceptors (Lipinski definition) is 3. The predicted octanol–water partition coefficient (Wildman–Crippen LogP) is 4.24.